The molecule has 0 saturated heterocycles. The van der Waals surface area contributed by atoms with E-state index in [1.54, 1.807) is 19.4 Å². The standard InChI is InChI=1S/C10H16N4O2/c1-7(9-4-11-12-5-9)13-10(16)6-14(3)8(2)15/h4-5,7H,6H2,1-3H3,(H,11,12)(H,13,16). The first-order valence-electron chi connectivity index (χ1n) is 5.00. The minimum atomic E-state index is -0.189. The minimum Gasteiger partial charge on any atom is -0.348 e. The molecule has 0 radical (unpaired) electrons. The molecule has 1 aromatic rings. The van der Waals surface area contributed by atoms with Gasteiger partial charge >= 0.3 is 0 Å². The molecule has 1 heterocycles. The molecule has 0 fully saturated rings. The molecule has 16 heavy (non-hydrogen) atoms. The number of rotatable bonds is 4. The maximum atomic E-state index is 11.5. The average molecular weight is 224 g/mol. The summed E-state index contributed by atoms with van der Waals surface area (Å²) in [6, 6.07) is -0.119. The number of hydrogen-bond donors (Lipinski definition) is 2. The van der Waals surface area contributed by atoms with Gasteiger partial charge < -0.3 is 10.2 Å². The summed E-state index contributed by atoms with van der Waals surface area (Å²) in [4.78, 5) is 23.8. The van der Waals surface area contributed by atoms with E-state index in [2.05, 4.69) is 15.5 Å². The molecule has 1 rings (SSSR count). The van der Waals surface area contributed by atoms with Gasteiger partial charge in [0.25, 0.3) is 0 Å². The van der Waals surface area contributed by atoms with Crippen molar-refractivity contribution in [2.24, 2.45) is 0 Å². The number of nitrogens with zero attached hydrogens (tertiary/aromatic N) is 2. The number of carbonyl (C=O) groups excluding carboxylic acids is 2. The van der Waals surface area contributed by atoms with Crippen molar-refractivity contribution in [3.63, 3.8) is 0 Å². The van der Waals surface area contributed by atoms with Crippen LogP contribution in [-0.4, -0.2) is 40.5 Å². The van der Waals surface area contributed by atoms with E-state index in [1.807, 2.05) is 6.92 Å². The molecule has 1 unspecified atom stereocenters. The monoisotopic (exact) mass is 224 g/mol. The van der Waals surface area contributed by atoms with E-state index in [0.29, 0.717) is 0 Å². The van der Waals surface area contributed by atoms with Crippen molar-refractivity contribution in [3.05, 3.63) is 18.0 Å². The molecule has 0 aliphatic carbocycles. The lowest BCUT2D eigenvalue weighted by Crippen LogP contribution is -2.38. The van der Waals surface area contributed by atoms with Crippen LogP contribution in [0.3, 0.4) is 0 Å². The number of aromatic amines is 1. The Hall–Kier alpha value is -1.85. The van der Waals surface area contributed by atoms with Gasteiger partial charge in [-0.25, -0.2) is 0 Å². The molecule has 2 N–H and O–H groups in total. The zero-order valence-corrected chi connectivity index (χ0v) is 9.65. The topological polar surface area (TPSA) is 78.1 Å². The zero-order chi connectivity index (χ0) is 12.1. The Balaban J connectivity index is 2.43. The van der Waals surface area contributed by atoms with Crippen LogP contribution in [0.5, 0.6) is 0 Å². The zero-order valence-electron chi connectivity index (χ0n) is 9.65. The first kappa shape index (κ1) is 12.2. The number of likely N-dealkylation sites (N-methyl/N-ethyl adjacent to an activating group) is 1. The second-order valence-electron chi connectivity index (χ2n) is 3.70. The van der Waals surface area contributed by atoms with Crippen LogP contribution in [-0.2, 0) is 9.59 Å². The number of nitrogens with one attached hydrogen (secondary N) is 2. The molecule has 1 atom stereocenters. The molecule has 0 spiro atoms. The van der Waals surface area contributed by atoms with Gasteiger partial charge in [0.05, 0.1) is 18.8 Å². The Morgan fingerprint density at radius 2 is 2.31 bits per heavy atom. The smallest absolute Gasteiger partial charge is 0.240 e. The van der Waals surface area contributed by atoms with Gasteiger partial charge in [0.1, 0.15) is 0 Å². The van der Waals surface area contributed by atoms with Crippen molar-refractivity contribution in [1.82, 2.24) is 20.4 Å². The third-order valence-corrected chi connectivity index (χ3v) is 2.32. The van der Waals surface area contributed by atoms with E-state index < -0.39 is 0 Å². The van der Waals surface area contributed by atoms with Crippen LogP contribution in [0, 0.1) is 0 Å². The van der Waals surface area contributed by atoms with Gasteiger partial charge in [-0.3, -0.25) is 14.7 Å². The lowest BCUT2D eigenvalue weighted by atomic mass is 10.2. The highest BCUT2D eigenvalue weighted by atomic mass is 16.2. The molecule has 88 valence electrons. The molecular weight excluding hydrogens is 208 g/mol. The maximum Gasteiger partial charge on any atom is 0.240 e. The molecular formula is C10H16N4O2. The van der Waals surface area contributed by atoms with E-state index in [1.165, 1.54) is 11.8 Å². The Morgan fingerprint density at radius 3 is 2.81 bits per heavy atom. The number of H-pyrrole nitrogens is 1. The SMILES string of the molecule is CC(=O)N(C)CC(=O)NC(C)c1cn[nH]c1. The molecule has 0 bridgehead atoms. The summed E-state index contributed by atoms with van der Waals surface area (Å²) < 4.78 is 0. The van der Waals surface area contributed by atoms with E-state index in [-0.39, 0.29) is 24.4 Å². The van der Waals surface area contributed by atoms with Gasteiger partial charge in [-0.05, 0) is 6.92 Å². The second-order valence-corrected chi connectivity index (χ2v) is 3.70. The van der Waals surface area contributed by atoms with Crippen LogP contribution < -0.4 is 5.32 Å². The Bertz CT molecular complexity index is 361. The van der Waals surface area contributed by atoms with Gasteiger partial charge in [-0.2, -0.15) is 5.10 Å². The van der Waals surface area contributed by atoms with E-state index in [0.717, 1.165) is 5.56 Å². The molecule has 1 aromatic heterocycles. The van der Waals surface area contributed by atoms with Crippen LogP contribution in [0.1, 0.15) is 25.5 Å². The van der Waals surface area contributed by atoms with Crippen molar-refractivity contribution in [2.75, 3.05) is 13.6 Å². The van der Waals surface area contributed by atoms with Crippen molar-refractivity contribution >= 4 is 11.8 Å². The lowest BCUT2D eigenvalue weighted by Gasteiger charge is -2.17. The summed E-state index contributed by atoms with van der Waals surface area (Å²) in [5.41, 5.74) is 0.902. The fraction of sp³-hybridized carbons (Fsp3) is 0.500. The predicted octanol–water partition coefficient (Wildman–Crippen LogP) is 0.0652. The molecule has 6 heteroatoms. The molecule has 0 saturated carbocycles. The van der Waals surface area contributed by atoms with Crippen LogP contribution >= 0.6 is 0 Å². The number of amides is 2. The molecule has 2 amide bonds. The fourth-order valence-electron chi connectivity index (χ4n) is 1.19. The summed E-state index contributed by atoms with van der Waals surface area (Å²) >= 11 is 0. The number of carbonyl (C=O) groups is 2. The van der Waals surface area contributed by atoms with Gasteiger partial charge in [0.2, 0.25) is 11.8 Å². The van der Waals surface area contributed by atoms with E-state index in [4.69, 9.17) is 0 Å². The molecule has 0 aromatic carbocycles. The molecule has 0 aliphatic heterocycles. The maximum absolute atomic E-state index is 11.5. The van der Waals surface area contributed by atoms with Gasteiger partial charge in [-0.15, -0.1) is 0 Å². The van der Waals surface area contributed by atoms with Crippen LogP contribution in [0.15, 0.2) is 12.4 Å². The van der Waals surface area contributed by atoms with Gasteiger partial charge in [0.15, 0.2) is 0 Å². The fourth-order valence-corrected chi connectivity index (χ4v) is 1.19. The van der Waals surface area contributed by atoms with E-state index >= 15 is 0 Å². The third kappa shape index (κ3) is 3.38. The first-order chi connectivity index (χ1) is 7.50. The summed E-state index contributed by atoms with van der Waals surface area (Å²) in [6.45, 7) is 3.35. The van der Waals surface area contributed by atoms with Crippen molar-refractivity contribution in [2.45, 2.75) is 19.9 Å². The summed E-state index contributed by atoms with van der Waals surface area (Å²) in [7, 11) is 1.59. The largest absolute Gasteiger partial charge is 0.348 e. The first-order valence-corrected chi connectivity index (χ1v) is 5.00. The van der Waals surface area contributed by atoms with Gasteiger partial charge in [-0.1, -0.05) is 0 Å². The van der Waals surface area contributed by atoms with Crippen LogP contribution in [0.4, 0.5) is 0 Å². The molecule has 6 nitrogen and oxygen atoms in total. The highest BCUT2D eigenvalue weighted by Crippen LogP contribution is 2.08. The minimum absolute atomic E-state index is 0.0670. The van der Waals surface area contributed by atoms with Gasteiger partial charge in [0, 0.05) is 25.7 Å². The Labute approximate surface area is 94.0 Å². The number of hydrogen-bond acceptors (Lipinski definition) is 3. The molecule has 0 aliphatic rings. The second kappa shape index (κ2) is 5.29. The van der Waals surface area contributed by atoms with E-state index in [9.17, 15) is 9.59 Å². The summed E-state index contributed by atoms with van der Waals surface area (Å²) in [6.07, 6.45) is 3.37. The summed E-state index contributed by atoms with van der Waals surface area (Å²) in [5, 5.41) is 9.25. The van der Waals surface area contributed by atoms with Crippen LogP contribution in [0.25, 0.3) is 0 Å². The third-order valence-electron chi connectivity index (χ3n) is 2.32. The number of aromatic nitrogens is 2. The Morgan fingerprint density at radius 1 is 1.62 bits per heavy atom. The highest BCUT2D eigenvalue weighted by Gasteiger charge is 2.13. The lowest BCUT2D eigenvalue weighted by molar-refractivity contribution is -0.133. The predicted molar refractivity (Wildman–Crippen MR) is 58.5 cm³/mol. The Kier molecular flexibility index (Phi) is 4.04. The van der Waals surface area contributed by atoms with Crippen molar-refractivity contribution < 1.29 is 9.59 Å². The normalized spacial score (nSPS) is 11.9. The van der Waals surface area contributed by atoms with Crippen molar-refractivity contribution in [3.8, 4) is 0 Å². The quantitative estimate of drug-likeness (QED) is 0.759. The highest BCUT2D eigenvalue weighted by molar-refractivity contribution is 5.83. The van der Waals surface area contributed by atoms with Crippen molar-refractivity contribution in [1.29, 1.82) is 0 Å². The summed E-state index contributed by atoms with van der Waals surface area (Å²) in [5.74, 6) is -0.322. The average Bonchev–Trinajstić information content (AvgIpc) is 2.69. The van der Waals surface area contributed by atoms with Crippen LogP contribution in [0.2, 0.25) is 0 Å².